The molecule has 0 spiro atoms. The van der Waals surface area contributed by atoms with Gasteiger partial charge in [-0.2, -0.15) is 0 Å². The second kappa shape index (κ2) is 9.51. The van der Waals surface area contributed by atoms with Gasteiger partial charge in [0.05, 0.1) is 11.6 Å². The number of carbonyl (C=O) groups excluding carboxylic acids is 2. The van der Waals surface area contributed by atoms with Gasteiger partial charge in [-0.05, 0) is 74.7 Å². The summed E-state index contributed by atoms with van der Waals surface area (Å²) in [5, 5.41) is 11.2. The third-order valence-electron chi connectivity index (χ3n) is 6.36. The molecular formula is C28H29N3O3. The van der Waals surface area contributed by atoms with E-state index >= 15 is 0 Å². The van der Waals surface area contributed by atoms with Gasteiger partial charge in [-0.3, -0.25) is 19.5 Å². The van der Waals surface area contributed by atoms with Crippen molar-refractivity contribution < 1.29 is 14.7 Å². The van der Waals surface area contributed by atoms with Crippen molar-refractivity contribution in [3.05, 3.63) is 94.8 Å². The first-order valence-corrected chi connectivity index (χ1v) is 11.5. The van der Waals surface area contributed by atoms with Crippen LogP contribution in [0.2, 0.25) is 0 Å². The Morgan fingerprint density at radius 1 is 0.971 bits per heavy atom. The van der Waals surface area contributed by atoms with Crippen LogP contribution in [0, 0.1) is 13.8 Å². The molecule has 1 aromatic heterocycles. The molecule has 3 aromatic rings. The van der Waals surface area contributed by atoms with E-state index in [1.54, 1.807) is 24.5 Å². The number of rotatable bonds is 6. The van der Waals surface area contributed by atoms with Gasteiger partial charge in [0.2, 0.25) is 0 Å². The Morgan fingerprint density at radius 2 is 1.62 bits per heavy atom. The van der Waals surface area contributed by atoms with Gasteiger partial charge in [-0.15, -0.1) is 0 Å². The van der Waals surface area contributed by atoms with E-state index in [2.05, 4.69) is 23.7 Å². The van der Waals surface area contributed by atoms with E-state index < -0.39 is 17.7 Å². The number of aromatic nitrogens is 1. The van der Waals surface area contributed by atoms with Crippen LogP contribution in [0.25, 0.3) is 5.76 Å². The Balaban J connectivity index is 1.93. The van der Waals surface area contributed by atoms with Crippen molar-refractivity contribution in [1.29, 1.82) is 0 Å². The van der Waals surface area contributed by atoms with Crippen molar-refractivity contribution in [1.82, 2.24) is 4.98 Å². The summed E-state index contributed by atoms with van der Waals surface area (Å²) in [7, 11) is 0. The third kappa shape index (κ3) is 4.07. The van der Waals surface area contributed by atoms with Crippen molar-refractivity contribution in [3.63, 3.8) is 0 Å². The smallest absolute Gasteiger partial charge is 0.300 e. The van der Waals surface area contributed by atoms with E-state index in [9.17, 15) is 14.7 Å². The summed E-state index contributed by atoms with van der Waals surface area (Å²) in [5.41, 5.74) is 4.85. The second-order valence-electron chi connectivity index (χ2n) is 8.46. The van der Waals surface area contributed by atoms with Crippen LogP contribution in [0.4, 0.5) is 11.4 Å². The van der Waals surface area contributed by atoms with E-state index in [0.29, 0.717) is 11.3 Å². The van der Waals surface area contributed by atoms with Gasteiger partial charge in [-0.25, -0.2) is 0 Å². The summed E-state index contributed by atoms with van der Waals surface area (Å²) in [4.78, 5) is 34.4. The number of ketones is 1. The number of benzene rings is 2. The van der Waals surface area contributed by atoms with E-state index in [-0.39, 0.29) is 11.3 Å². The quantitative estimate of drug-likeness (QED) is 0.315. The van der Waals surface area contributed by atoms with Crippen molar-refractivity contribution >= 4 is 28.8 Å². The maximum absolute atomic E-state index is 13.4. The fourth-order valence-electron chi connectivity index (χ4n) is 4.50. The Bertz CT molecular complexity index is 1250. The van der Waals surface area contributed by atoms with Gasteiger partial charge in [-0.1, -0.05) is 24.3 Å². The van der Waals surface area contributed by atoms with Crippen LogP contribution < -0.4 is 9.80 Å². The van der Waals surface area contributed by atoms with Crippen LogP contribution in [0.5, 0.6) is 0 Å². The molecule has 0 aliphatic carbocycles. The average molecular weight is 456 g/mol. The van der Waals surface area contributed by atoms with Gasteiger partial charge in [0.1, 0.15) is 5.76 Å². The lowest BCUT2D eigenvalue weighted by atomic mass is 9.94. The first kappa shape index (κ1) is 23.2. The molecule has 1 N–H and O–H groups in total. The minimum Gasteiger partial charge on any atom is -0.507 e. The molecule has 0 radical (unpaired) electrons. The molecule has 1 saturated heterocycles. The summed E-state index contributed by atoms with van der Waals surface area (Å²) in [5.74, 6) is -1.55. The van der Waals surface area contributed by atoms with Gasteiger partial charge in [0, 0.05) is 42.4 Å². The van der Waals surface area contributed by atoms with E-state index in [4.69, 9.17) is 0 Å². The number of Topliss-reactive ketones (excluding diaryl/α,β-unsaturated/α-hetero) is 1. The average Bonchev–Trinajstić information content (AvgIpc) is 3.12. The fourth-order valence-corrected chi connectivity index (χ4v) is 4.50. The van der Waals surface area contributed by atoms with Crippen molar-refractivity contribution in [3.8, 4) is 0 Å². The summed E-state index contributed by atoms with van der Waals surface area (Å²) in [6.07, 6.45) is 3.09. The zero-order valence-corrected chi connectivity index (χ0v) is 19.9. The Labute approximate surface area is 200 Å². The maximum Gasteiger partial charge on any atom is 0.300 e. The van der Waals surface area contributed by atoms with Crippen LogP contribution in [0.15, 0.2) is 72.6 Å². The summed E-state index contributed by atoms with van der Waals surface area (Å²) < 4.78 is 0. The van der Waals surface area contributed by atoms with Gasteiger partial charge in [0.25, 0.3) is 11.7 Å². The van der Waals surface area contributed by atoms with Gasteiger partial charge in [0.15, 0.2) is 0 Å². The molecule has 0 bridgehead atoms. The Hall–Kier alpha value is -3.93. The van der Waals surface area contributed by atoms with Crippen LogP contribution in [0.1, 0.15) is 42.1 Å². The number of anilines is 2. The van der Waals surface area contributed by atoms with Gasteiger partial charge < -0.3 is 10.0 Å². The second-order valence-corrected chi connectivity index (χ2v) is 8.46. The highest BCUT2D eigenvalue weighted by molar-refractivity contribution is 6.51. The largest absolute Gasteiger partial charge is 0.507 e. The van der Waals surface area contributed by atoms with Gasteiger partial charge >= 0.3 is 0 Å². The first-order chi connectivity index (χ1) is 16.4. The minimum absolute atomic E-state index is 0.0766. The SMILES string of the molecule is CCN(CC)c1ccc(C2/C(=C(\O)c3ccncc3)C(=O)C(=O)N2c2cc(C)ccc2C)cc1. The number of amides is 1. The summed E-state index contributed by atoms with van der Waals surface area (Å²) in [6.45, 7) is 9.81. The van der Waals surface area contributed by atoms with E-state index in [1.165, 1.54) is 4.90 Å². The monoisotopic (exact) mass is 455 g/mol. The highest BCUT2D eigenvalue weighted by Gasteiger charge is 2.47. The number of nitrogens with zero attached hydrogens (tertiary/aromatic N) is 3. The molecule has 1 fully saturated rings. The van der Waals surface area contributed by atoms with Crippen LogP contribution in [-0.2, 0) is 9.59 Å². The zero-order valence-electron chi connectivity index (χ0n) is 19.9. The molecule has 2 heterocycles. The van der Waals surface area contributed by atoms with Crippen LogP contribution in [0.3, 0.4) is 0 Å². The lowest BCUT2D eigenvalue weighted by Gasteiger charge is -2.28. The number of aliphatic hydroxyl groups is 1. The fraction of sp³-hybridized carbons (Fsp3) is 0.250. The van der Waals surface area contributed by atoms with Crippen LogP contribution in [-0.4, -0.2) is 34.9 Å². The maximum atomic E-state index is 13.4. The normalized spacial score (nSPS) is 17.3. The molecule has 1 aliphatic rings. The summed E-state index contributed by atoms with van der Waals surface area (Å²) in [6, 6.07) is 16.2. The first-order valence-electron chi connectivity index (χ1n) is 11.5. The molecule has 2 aromatic carbocycles. The molecule has 1 amide bonds. The molecule has 0 saturated carbocycles. The minimum atomic E-state index is -0.751. The number of hydrogen-bond acceptors (Lipinski definition) is 5. The molecule has 34 heavy (non-hydrogen) atoms. The number of aryl methyl sites for hydroxylation is 2. The lowest BCUT2D eigenvalue weighted by molar-refractivity contribution is -0.132. The highest BCUT2D eigenvalue weighted by atomic mass is 16.3. The molecular weight excluding hydrogens is 426 g/mol. The molecule has 174 valence electrons. The number of pyridine rings is 1. The topological polar surface area (TPSA) is 73.7 Å². The zero-order chi connectivity index (χ0) is 24.4. The number of hydrogen-bond donors (Lipinski definition) is 1. The highest BCUT2D eigenvalue weighted by Crippen LogP contribution is 2.43. The molecule has 1 aliphatic heterocycles. The summed E-state index contributed by atoms with van der Waals surface area (Å²) >= 11 is 0. The number of carbonyl (C=O) groups is 2. The standard InChI is InChI=1S/C28H29N3O3/c1-5-30(6-2)22-11-9-20(10-12-22)25-24(26(32)21-13-15-29-16-14-21)27(33)28(34)31(25)23-17-18(3)7-8-19(23)4/h7-17,25,32H,5-6H2,1-4H3/b26-24+. The lowest BCUT2D eigenvalue weighted by Crippen LogP contribution is -2.30. The molecule has 6 nitrogen and oxygen atoms in total. The Kier molecular flexibility index (Phi) is 6.50. The molecule has 1 atom stereocenters. The molecule has 4 rings (SSSR count). The Morgan fingerprint density at radius 3 is 2.24 bits per heavy atom. The van der Waals surface area contributed by atoms with Crippen LogP contribution >= 0.6 is 0 Å². The predicted octanol–water partition coefficient (Wildman–Crippen LogP) is 5.17. The van der Waals surface area contributed by atoms with Crippen molar-refractivity contribution in [2.45, 2.75) is 33.7 Å². The predicted molar refractivity (Wildman–Crippen MR) is 135 cm³/mol. The van der Waals surface area contributed by atoms with E-state index in [1.807, 2.05) is 56.3 Å². The number of aliphatic hydroxyl groups excluding tert-OH is 1. The van der Waals surface area contributed by atoms with Crippen molar-refractivity contribution in [2.24, 2.45) is 0 Å². The van der Waals surface area contributed by atoms with Crippen molar-refractivity contribution in [2.75, 3.05) is 22.9 Å². The van der Waals surface area contributed by atoms with E-state index in [0.717, 1.165) is 35.5 Å². The third-order valence-corrected chi connectivity index (χ3v) is 6.36. The molecule has 1 unspecified atom stereocenters. The molecule has 6 heteroatoms.